The van der Waals surface area contributed by atoms with Crippen LogP contribution in [0.1, 0.15) is 27.8 Å². The van der Waals surface area contributed by atoms with Gasteiger partial charge >= 0.3 is 24.7 Å². The minimum Gasteiger partial charge on any atom is -0.308 e. The highest BCUT2D eigenvalue weighted by molar-refractivity contribution is 6.13. The van der Waals surface area contributed by atoms with Crippen molar-refractivity contribution in [1.82, 2.24) is 24.1 Å². The molecule has 0 N–H and O–H groups in total. The third-order valence-corrected chi connectivity index (χ3v) is 13.9. The molecule has 0 spiro atoms. The maximum absolute atomic E-state index is 14.9. The van der Waals surface area contributed by atoms with Crippen LogP contribution in [0.25, 0.3) is 111 Å². The Balaban J connectivity index is 1.24. The van der Waals surface area contributed by atoms with Gasteiger partial charge < -0.3 is 9.13 Å². The van der Waals surface area contributed by atoms with Crippen molar-refractivity contribution in [2.75, 3.05) is 0 Å². The number of hydrogen-bond acceptors (Lipinski definition) is 4. The molecule has 0 fully saturated rings. The fourth-order valence-electron chi connectivity index (χ4n) is 10.4. The smallest absolute Gasteiger partial charge is 0.308 e. The molecule has 9 aromatic carbocycles. The number of fused-ring (bicyclic) bond motifs is 6. The average molecular weight is 1090 g/mol. The second kappa shape index (κ2) is 18.7. The van der Waals surface area contributed by atoms with Gasteiger partial charge in [-0.3, -0.25) is 0 Å². The molecule has 0 radical (unpaired) electrons. The predicted octanol–water partition coefficient (Wildman–Crippen LogP) is 18.3. The van der Waals surface area contributed by atoms with Gasteiger partial charge in [0, 0.05) is 32.7 Å². The van der Waals surface area contributed by atoms with E-state index < -0.39 is 58.1 Å². The Morgan fingerprint density at radius 1 is 0.338 bits per heavy atom. The molecule has 12 aromatic rings. The predicted molar refractivity (Wildman–Crippen MR) is 280 cm³/mol. The summed E-state index contributed by atoms with van der Waals surface area (Å²) in [6, 6.07) is 48.3. The Kier molecular flexibility index (Phi) is 11.9. The van der Waals surface area contributed by atoms with Crippen LogP contribution in [-0.4, -0.2) is 24.1 Å². The molecule has 3 heterocycles. The summed E-state index contributed by atoms with van der Waals surface area (Å²) in [7, 11) is 0. The first kappa shape index (κ1) is 51.0. The average Bonchev–Trinajstić information content (AvgIpc) is 4.10. The van der Waals surface area contributed by atoms with Crippen molar-refractivity contribution in [3.63, 3.8) is 0 Å². The molecular weight excluding hydrogens is 1060 g/mol. The summed E-state index contributed by atoms with van der Waals surface area (Å²) in [5.74, 6) is 0.322. The van der Waals surface area contributed by atoms with E-state index >= 15 is 0 Å². The lowest BCUT2D eigenvalue weighted by atomic mass is 9.95. The van der Waals surface area contributed by atoms with Crippen molar-refractivity contribution in [3.05, 3.63) is 222 Å². The largest absolute Gasteiger partial charge is 0.417 e. The summed E-state index contributed by atoms with van der Waals surface area (Å²) in [4.78, 5) is 15.1. The number of nitrogens with zero attached hydrogens (tertiary/aromatic N) is 6. The van der Waals surface area contributed by atoms with Crippen LogP contribution in [-0.2, 0) is 24.7 Å². The Morgan fingerprint density at radius 3 is 1.10 bits per heavy atom. The van der Waals surface area contributed by atoms with Gasteiger partial charge in [0.25, 0.3) is 0 Å². The van der Waals surface area contributed by atoms with Gasteiger partial charge in [0.15, 0.2) is 17.5 Å². The van der Waals surface area contributed by atoms with E-state index in [0.29, 0.717) is 55.8 Å². The van der Waals surface area contributed by atoms with Crippen LogP contribution >= 0.6 is 0 Å². The first-order valence-corrected chi connectivity index (χ1v) is 24.3. The fraction of sp³-hybridized carbons (Fsp3) is 0.0645. The van der Waals surface area contributed by atoms with Gasteiger partial charge in [-0.1, -0.05) is 133 Å². The van der Waals surface area contributed by atoms with Gasteiger partial charge in [0.05, 0.1) is 72.9 Å². The van der Waals surface area contributed by atoms with E-state index in [1.54, 1.807) is 130 Å². The zero-order valence-electron chi connectivity index (χ0n) is 40.7. The van der Waals surface area contributed by atoms with Gasteiger partial charge in [-0.15, -0.1) is 0 Å². The summed E-state index contributed by atoms with van der Waals surface area (Å²) in [6.45, 7) is 0. The van der Waals surface area contributed by atoms with Crippen LogP contribution in [0.3, 0.4) is 0 Å². The minimum atomic E-state index is -5.24. The van der Waals surface area contributed by atoms with Crippen molar-refractivity contribution >= 4 is 43.6 Å². The Hall–Kier alpha value is -9.76. The van der Waals surface area contributed by atoms with Crippen LogP contribution in [0.2, 0.25) is 0 Å². The zero-order valence-corrected chi connectivity index (χ0v) is 40.7. The number of rotatable bonds is 7. The molecule has 0 aliphatic rings. The number of alkyl halides is 12. The van der Waals surface area contributed by atoms with Crippen molar-refractivity contribution in [2.24, 2.45) is 0 Å². The van der Waals surface area contributed by atoms with Crippen molar-refractivity contribution in [2.45, 2.75) is 24.7 Å². The summed E-state index contributed by atoms with van der Waals surface area (Å²) in [5.41, 5.74) is -4.57. The highest BCUT2D eigenvalue weighted by atomic mass is 19.4. The van der Waals surface area contributed by atoms with E-state index in [0.717, 1.165) is 12.1 Å². The number of nitriles is 1. The summed E-state index contributed by atoms with van der Waals surface area (Å²) in [5, 5.41) is 13.1. The molecule has 394 valence electrons. The molecule has 18 heteroatoms. The SMILES string of the molecule is N#Cc1cc(-n2c3ccccc3c3ccc(-c4ccc(C(F)(F)F)cc4C(F)(F)F)cc32)c(-c2nc(-c3ccccc3)nc(-c3ccccc3)n2)c(-n2c3ccccc3c3ccc(-c4ccc(C(F)(F)F)cc4C(F)(F)F)cc32)c1. The second-order valence-electron chi connectivity index (χ2n) is 18.7. The van der Waals surface area contributed by atoms with E-state index in [-0.39, 0.29) is 74.3 Å². The number of benzene rings is 9. The van der Waals surface area contributed by atoms with E-state index in [1.807, 2.05) is 0 Å². The molecule has 0 bridgehead atoms. The highest BCUT2D eigenvalue weighted by Crippen LogP contribution is 2.48. The molecule has 0 aliphatic carbocycles. The van der Waals surface area contributed by atoms with Crippen LogP contribution in [0.15, 0.2) is 194 Å². The Morgan fingerprint density at radius 2 is 0.713 bits per heavy atom. The molecule has 0 unspecified atom stereocenters. The lowest BCUT2D eigenvalue weighted by Crippen LogP contribution is -2.12. The van der Waals surface area contributed by atoms with Crippen LogP contribution in [0.5, 0.6) is 0 Å². The zero-order chi connectivity index (χ0) is 56.0. The normalized spacial score (nSPS) is 12.5. The number of halogens is 12. The van der Waals surface area contributed by atoms with Crippen LogP contribution in [0.4, 0.5) is 52.7 Å². The number of para-hydroxylation sites is 2. The van der Waals surface area contributed by atoms with Crippen molar-refractivity contribution in [1.29, 1.82) is 5.26 Å². The summed E-state index contributed by atoms with van der Waals surface area (Å²) in [6.07, 6.45) is -20.7. The third-order valence-electron chi connectivity index (χ3n) is 13.9. The second-order valence-corrected chi connectivity index (χ2v) is 18.7. The summed E-state index contributed by atoms with van der Waals surface area (Å²) >= 11 is 0. The van der Waals surface area contributed by atoms with Gasteiger partial charge in [0.1, 0.15) is 0 Å². The van der Waals surface area contributed by atoms with E-state index in [1.165, 1.54) is 36.4 Å². The molecule has 6 nitrogen and oxygen atoms in total. The lowest BCUT2D eigenvalue weighted by molar-refractivity contribution is -0.144. The molecule has 3 aromatic heterocycles. The maximum Gasteiger partial charge on any atom is 0.417 e. The highest BCUT2D eigenvalue weighted by Gasteiger charge is 2.40. The van der Waals surface area contributed by atoms with Gasteiger partial charge in [0.2, 0.25) is 0 Å². The molecule has 0 saturated heterocycles. The lowest BCUT2D eigenvalue weighted by Gasteiger charge is -2.21. The van der Waals surface area contributed by atoms with E-state index in [4.69, 9.17) is 15.0 Å². The standard InChI is InChI=1S/C62H32F12N6/c63-59(64,65)39-21-25-41(47(31-39)61(69,70)71)37-19-23-45-43-15-7-9-17-49(43)79(51(45)29-37)53-27-34(33-75)28-54(55(53)58-77-56(35-11-3-1-4-12-35)76-57(78-58)36-13-5-2-6-14-36)80-50-18-10-8-16-44(50)46-24-20-38(30-52(46)80)42-26-22-40(60(66,67)68)32-48(42)62(72,73)74/h1-32H. The van der Waals surface area contributed by atoms with Crippen LogP contribution < -0.4 is 0 Å². The molecule has 0 aliphatic heterocycles. The minimum absolute atomic E-state index is 0.00672. The monoisotopic (exact) mass is 1090 g/mol. The Labute approximate surface area is 444 Å². The topological polar surface area (TPSA) is 72.3 Å². The van der Waals surface area contributed by atoms with E-state index in [9.17, 15) is 57.9 Å². The molecule has 80 heavy (non-hydrogen) atoms. The number of aromatic nitrogens is 5. The van der Waals surface area contributed by atoms with Crippen molar-refractivity contribution in [3.8, 4) is 73.9 Å². The van der Waals surface area contributed by atoms with Gasteiger partial charge in [-0.25, -0.2) is 15.0 Å². The van der Waals surface area contributed by atoms with Gasteiger partial charge in [-0.05, 0) is 82.9 Å². The van der Waals surface area contributed by atoms with Crippen molar-refractivity contribution < 1.29 is 52.7 Å². The first-order valence-electron chi connectivity index (χ1n) is 24.3. The van der Waals surface area contributed by atoms with Crippen LogP contribution in [0, 0.1) is 11.3 Å². The molecule has 0 amide bonds. The summed E-state index contributed by atoms with van der Waals surface area (Å²) < 4.78 is 177. The molecule has 12 rings (SSSR count). The maximum atomic E-state index is 14.9. The van der Waals surface area contributed by atoms with Gasteiger partial charge in [-0.2, -0.15) is 57.9 Å². The molecule has 0 atom stereocenters. The molecular formula is C62H32F12N6. The Bertz CT molecular complexity index is 4220. The quantitative estimate of drug-likeness (QED) is 0.149. The first-order chi connectivity index (χ1) is 38.2. The van der Waals surface area contributed by atoms with E-state index in [2.05, 4.69) is 6.07 Å². The molecule has 0 saturated carbocycles. The number of hydrogen-bond donors (Lipinski definition) is 0. The third kappa shape index (κ3) is 8.90. The fourth-order valence-corrected chi connectivity index (χ4v) is 10.4.